The first-order chi connectivity index (χ1) is 12.5. The van der Waals surface area contributed by atoms with Crippen LogP contribution < -0.4 is 10.2 Å². The van der Waals surface area contributed by atoms with Gasteiger partial charge in [-0.1, -0.05) is 0 Å². The highest BCUT2D eigenvalue weighted by Crippen LogP contribution is 2.28. The van der Waals surface area contributed by atoms with Gasteiger partial charge >= 0.3 is 0 Å². The third-order valence-electron chi connectivity index (χ3n) is 4.27. The summed E-state index contributed by atoms with van der Waals surface area (Å²) < 4.78 is 52.6. The molecule has 9 heteroatoms. The monoisotopic (exact) mass is 370 g/mol. The summed E-state index contributed by atoms with van der Waals surface area (Å²) in [7, 11) is 1.08. The molecule has 0 aliphatic carbocycles. The van der Waals surface area contributed by atoms with Gasteiger partial charge in [0.05, 0.1) is 37.8 Å². The molecule has 3 rings (SSSR count). The molecule has 0 saturated carbocycles. The number of methoxy groups -OCH3 is 1. The first kappa shape index (κ1) is 18.2. The standard InChI is InChI=1S/C17H17F3N2O4/c1-25-16-12(19)8-10-14(13(16)20)22(3-2-18)9-11(15(10)23)17(24)21-4-6-26-7-5-21/h8-9H,2-7H2,1H3. The maximum atomic E-state index is 14.6. The number of aryl methyl sites for hydroxylation is 1. The van der Waals surface area contributed by atoms with Crippen LogP contribution in [0.4, 0.5) is 13.2 Å². The van der Waals surface area contributed by atoms with Crippen LogP contribution in [0.3, 0.4) is 0 Å². The van der Waals surface area contributed by atoms with Crippen LogP contribution in [0.15, 0.2) is 17.1 Å². The lowest BCUT2D eigenvalue weighted by molar-refractivity contribution is 0.0301. The minimum Gasteiger partial charge on any atom is -0.491 e. The Morgan fingerprint density at radius 3 is 2.62 bits per heavy atom. The average Bonchev–Trinajstić information content (AvgIpc) is 2.64. The molecule has 1 amide bonds. The Bertz CT molecular complexity index is 907. The Morgan fingerprint density at radius 2 is 2.00 bits per heavy atom. The van der Waals surface area contributed by atoms with Gasteiger partial charge in [-0.15, -0.1) is 0 Å². The second kappa shape index (κ2) is 7.36. The molecule has 2 aromatic rings. The average molecular weight is 370 g/mol. The molecule has 1 saturated heterocycles. The van der Waals surface area contributed by atoms with E-state index in [-0.39, 0.29) is 23.0 Å². The molecule has 140 valence electrons. The Balaban J connectivity index is 2.24. The van der Waals surface area contributed by atoms with Crippen molar-refractivity contribution >= 4 is 16.8 Å². The van der Waals surface area contributed by atoms with Gasteiger partial charge in [-0.3, -0.25) is 9.59 Å². The lowest BCUT2D eigenvalue weighted by atomic mass is 10.1. The predicted octanol–water partition coefficient (Wildman–Crippen LogP) is 1.73. The van der Waals surface area contributed by atoms with Gasteiger partial charge in [-0.05, 0) is 6.07 Å². The number of benzene rings is 1. The molecule has 0 N–H and O–H groups in total. The lowest BCUT2D eigenvalue weighted by Gasteiger charge is -2.27. The number of amides is 1. The van der Waals surface area contributed by atoms with Gasteiger partial charge in [0, 0.05) is 19.3 Å². The minimum absolute atomic E-state index is 0.267. The van der Waals surface area contributed by atoms with Gasteiger partial charge in [-0.25, -0.2) is 13.2 Å². The second-order valence-corrected chi connectivity index (χ2v) is 5.76. The summed E-state index contributed by atoms with van der Waals surface area (Å²) in [6.45, 7) is 0.0978. The number of halogens is 3. The molecule has 0 bridgehead atoms. The fourth-order valence-corrected chi connectivity index (χ4v) is 3.01. The maximum Gasteiger partial charge on any atom is 0.259 e. The molecule has 1 aliphatic heterocycles. The smallest absolute Gasteiger partial charge is 0.259 e. The highest BCUT2D eigenvalue weighted by molar-refractivity contribution is 5.97. The molecule has 0 unspecified atom stereocenters. The van der Waals surface area contributed by atoms with Crippen molar-refractivity contribution in [2.75, 3.05) is 40.1 Å². The molecular weight excluding hydrogens is 353 g/mol. The number of morpholine rings is 1. The highest BCUT2D eigenvalue weighted by atomic mass is 19.1. The van der Waals surface area contributed by atoms with Gasteiger partial charge < -0.3 is 18.9 Å². The SMILES string of the molecule is COc1c(F)cc2c(=O)c(C(=O)N3CCOCC3)cn(CCF)c2c1F. The first-order valence-electron chi connectivity index (χ1n) is 8.01. The van der Waals surface area contributed by atoms with E-state index in [0.717, 1.165) is 23.9 Å². The fourth-order valence-electron chi connectivity index (χ4n) is 3.01. The number of carbonyl (C=O) groups is 1. The van der Waals surface area contributed by atoms with Crippen molar-refractivity contribution in [3.05, 3.63) is 39.7 Å². The fraction of sp³-hybridized carbons (Fsp3) is 0.412. The van der Waals surface area contributed by atoms with Gasteiger partial charge in [0.1, 0.15) is 12.2 Å². The van der Waals surface area contributed by atoms with Crippen LogP contribution in [-0.2, 0) is 11.3 Å². The number of hydrogen-bond donors (Lipinski definition) is 0. The van der Waals surface area contributed by atoms with Crippen molar-refractivity contribution in [3.8, 4) is 5.75 Å². The normalized spacial score (nSPS) is 14.7. The molecule has 2 heterocycles. The van der Waals surface area contributed by atoms with Gasteiger partial charge in [-0.2, -0.15) is 0 Å². The number of aromatic nitrogens is 1. The predicted molar refractivity (Wildman–Crippen MR) is 87.4 cm³/mol. The summed E-state index contributed by atoms with van der Waals surface area (Å²) in [6, 6.07) is 0.810. The quantitative estimate of drug-likeness (QED) is 0.823. The Labute approximate surface area is 146 Å². The largest absolute Gasteiger partial charge is 0.491 e. The lowest BCUT2D eigenvalue weighted by Crippen LogP contribution is -2.42. The van der Waals surface area contributed by atoms with Gasteiger partial charge in [0.25, 0.3) is 5.91 Å². The van der Waals surface area contributed by atoms with Crippen LogP contribution in [0.2, 0.25) is 0 Å². The third kappa shape index (κ3) is 3.03. The number of alkyl halides is 1. The van der Waals surface area contributed by atoms with Crippen molar-refractivity contribution in [2.45, 2.75) is 6.54 Å². The molecule has 26 heavy (non-hydrogen) atoms. The van der Waals surface area contributed by atoms with E-state index in [1.807, 2.05) is 0 Å². The van der Waals surface area contributed by atoms with Crippen molar-refractivity contribution in [2.24, 2.45) is 0 Å². The van der Waals surface area contributed by atoms with Crippen LogP contribution in [0.5, 0.6) is 5.75 Å². The van der Waals surface area contributed by atoms with Crippen molar-refractivity contribution in [1.82, 2.24) is 9.47 Å². The van der Waals surface area contributed by atoms with E-state index in [2.05, 4.69) is 4.74 Å². The molecule has 0 atom stereocenters. The highest BCUT2D eigenvalue weighted by Gasteiger charge is 2.26. The van der Waals surface area contributed by atoms with E-state index in [0.29, 0.717) is 26.3 Å². The molecule has 0 radical (unpaired) electrons. The van der Waals surface area contributed by atoms with E-state index in [1.165, 1.54) is 4.90 Å². The molecule has 1 aliphatic rings. The van der Waals surface area contributed by atoms with Gasteiger partial charge in [0.15, 0.2) is 17.4 Å². The van der Waals surface area contributed by atoms with E-state index < -0.39 is 35.4 Å². The molecule has 1 aromatic heterocycles. The number of rotatable bonds is 4. The van der Waals surface area contributed by atoms with E-state index >= 15 is 0 Å². The summed E-state index contributed by atoms with van der Waals surface area (Å²) in [6.07, 6.45) is 1.11. The molecule has 1 fully saturated rings. The Morgan fingerprint density at radius 1 is 1.31 bits per heavy atom. The Kier molecular flexibility index (Phi) is 5.17. The first-order valence-corrected chi connectivity index (χ1v) is 8.01. The molecule has 0 spiro atoms. The van der Waals surface area contributed by atoms with Crippen LogP contribution in [0.1, 0.15) is 10.4 Å². The zero-order chi connectivity index (χ0) is 18.8. The Hall–Kier alpha value is -2.55. The number of carbonyl (C=O) groups excluding carboxylic acids is 1. The van der Waals surface area contributed by atoms with Crippen LogP contribution >= 0.6 is 0 Å². The summed E-state index contributed by atoms with van der Waals surface area (Å²) in [5, 5.41) is -0.339. The topological polar surface area (TPSA) is 60.8 Å². The summed E-state index contributed by atoms with van der Waals surface area (Å²) >= 11 is 0. The summed E-state index contributed by atoms with van der Waals surface area (Å²) in [5.74, 6) is -3.43. The van der Waals surface area contributed by atoms with Crippen LogP contribution in [0, 0.1) is 11.6 Å². The van der Waals surface area contributed by atoms with Crippen molar-refractivity contribution in [3.63, 3.8) is 0 Å². The number of hydrogen-bond acceptors (Lipinski definition) is 4. The minimum atomic E-state index is -1.11. The zero-order valence-electron chi connectivity index (χ0n) is 14.1. The van der Waals surface area contributed by atoms with E-state index in [4.69, 9.17) is 4.74 Å². The van der Waals surface area contributed by atoms with Crippen molar-refractivity contribution < 1.29 is 27.4 Å². The summed E-state index contributed by atoms with van der Waals surface area (Å²) in [4.78, 5) is 26.8. The third-order valence-corrected chi connectivity index (χ3v) is 4.27. The zero-order valence-corrected chi connectivity index (χ0v) is 14.1. The molecule has 1 aromatic carbocycles. The number of pyridine rings is 1. The van der Waals surface area contributed by atoms with E-state index in [9.17, 15) is 22.8 Å². The number of fused-ring (bicyclic) bond motifs is 1. The van der Waals surface area contributed by atoms with Gasteiger partial charge in [0.2, 0.25) is 5.43 Å². The number of ether oxygens (including phenoxy) is 2. The molecular formula is C17H17F3N2O4. The molecule has 6 nitrogen and oxygen atoms in total. The van der Waals surface area contributed by atoms with E-state index in [1.54, 1.807) is 0 Å². The van der Waals surface area contributed by atoms with Crippen LogP contribution in [-0.4, -0.2) is 55.5 Å². The second-order valence-electron chi connectivity index (χ2n) is 5.76. The summed E-state index contributed by atoms with van der Waals surface area (Å²) in [5.41, 5.74) is -1.38. The number of nitrogens with zero attached hydrogens (tertiary/aromatic N) is 2. The maximum absolute atomic E-state index is 14.6. The van der Waals surface area contributed by atoms with Crippen molar-refractivity contribution in [1.29, 1.82) is 0 Å². The van der Waals surface area contributed by atoms with Crippen LogP contribution in [0.25, 0.3) is 10.9 Å².